The average Bonchev–Trinajstić information content (AvgIpc) is 3.36. The van der Waals surface area contributed by atoms with Crippen LogP contribution in [0.15, 0.2) is 73.1 Å². The number of thiazole rings is 1. The smallest absolute Gasteiger partial charge is 0.161 e. The van der Waals surface area contributed by atoms with Crippen molar-refractivity contribution in [3.05, 3.63) is 95.0 Å². The number of sulfone groups is 1. The van der Waals surface area contributed by atoms with E-state index in [1.54, 1.807) is 24.3 Å². The number of hydrogen-bond donors (Lipinski definition) is 2. The molecule has 0 aliphatic heterocycles. The van der Waals surface area contributed by atoms with E-state index in [-0.39, 0.29) is 18.2 Å². The number of hydrogen-bond acceptors (Lipinski definition) is 9. The largest absolute Gasteiger partial charge is 0.487 e. The zero-order chi connectivity index (χ0) is 28.1. The molecule has 2 heterocycles. The van der Waals surface area contributed by atoms with E-state index in [0.717, 1.165) is 21.0 Å². The molecule has 5 aromatic rings. The van der Waals surface area contributed by atoms with E-state index >= 15 is 0 Å². The van der Waals surface area contributed by atoms with Crippen molar-refractivity contribution < 1.29 is 17.5 Å². The second kappa shape index (κ2) is 12.3. The molecule has 0 aliphatic rings. The second-order valence-corrected chi connectivity index (χ2v) is 12.7. The van der Waals surface area contributed by atoms with E-state index in [9.17, 15) is 12.8 Å². The van der Waals surface area contributed by atoms with Crippen LogP contribution >= 0.6 is 22.9 Å². The summed E-state index contributed by atoms with van der Waals surface area (Å²) in [5.41, 5.74) is 4.02. The van der Waals surface area contributed by atoms with Crippen molar-refractivity contribution in [2.24, 2.45) is 0 Å². The summed E-state index contributed by atoms with van der Waals surface area (Å²) in [4.78, 5) is 14.3. The Hall–Kier alpha value is -3.64. The van der Waals surface area contributed by atoms with Gasteiger partial charge in [-0.1, -0.05) is 59.3 Å². The predicted molar refractivity (Wildman–Crippen MR) is 158 cm³/mol. The van der Waals surface area contributed by atoms with Crippen LogP contribution in [0.2, 0.25) is 5.02 Å². The van der Waals surface area contributed by atoms with Crippen LogP contribution in [0.1, 0.15) is 11.1 Å². The molecule has 0 bridgehead atoms. The lowest BCUT2D eigenvalue weighted by atomic mass is 10.1. The van der Waals surface area contributed by atoms with Crippen molar-refractivity contribution in [2.75, 3.05) is 23.9 Å². The first kappa shape index (κ1) is 27.9. The van der Waals surface area contributed by atoms with Gasteiger partial charge in [-0.2, -0.15) is 0 Å². The van der Waals surface area contributed by atoms with Crippen LogP contribution in [0.3, 0.4) is 0 Å². The van der Waals surface area contributed by atoms with Gasteiger partial charge < -0.3 is 15.4 Å². The average molecular weight is 598 g/mol. The molecule has 0 saturated carbocycles. The number of ether oxygens (including phenoxy) is 1. The highest BCUT2D eigenvalue weighted by Gasteiger charge is 2.13. The van der Waals surface area contributed by atoms with Crippen molar-refractivity contribution in [2.45, 2.75) is 13.2 Å². The molecule has 206 valence electrons. The van der Waals surface area contributed by atoms with Crippen LogP contribution < -0.4 is 15.4 Å². The lowest BCUT2D eigenvalue weighted by Crippen LogP contribution is -2.21. The SMILES string of the molecule is CS(=O)(=O)CCNCc1ccc(-c2nc3c(Nc4ccc(OCc5cccc(F)c5)c(Cl)c4)ncnc3s2)cc1. The Morgan fingerprint density at radius 3 is 2.60 bits per heavy atom. The molecule has 8 nitrogen and oxygen atoms in total. The highest BCUT2D eigenvalue weighted by molar-refractivity contribution is 7.90. The molecule has 0 aliphatic carbocycles. The van der Waals surface area contributed by atoms with E-state index in [2.05, 4.69) is 20.6 Å². The van der Waals surface area contributed by atoms with Crippen LogP contribution in [-0.4, -0.2) is 41.9 Å². The maximum absolute atomic E-state index is 13.4. The number of nitrogens with one attached hydrogen (secondary N) is 2. The Balaban J connectivity index is 1.26. The topological polar surface area (TPSA) is 106 Å². The van der Waals surface area contributed by atoms with Crippen LogP contribution in [0.25, 0.3) is 20.9 Å². The van der Waals surface area contributed by atoms with Gasteiger partial charge in [-0.3, -0.25) is 0 Å². The Morgan fingerprint density at radius 2 is 1.85 bits per heavy atom. The Kier molecular flexibility index (Phi) is 8.55. The van der Waals surface area contributed by atoms with Crippen molar-refractivity contribution >= 4 is 54.6 Å². The summed E-state index contributed by atoms with van der Waals surface area (Å²) in [6.45, 7) is 1.17. The number of rotatable bonds is 11. The predicted octanol–water partition coefficient (Wildman–Crippen LogP) is 6.00. The van der Waals surface area contributed by atoms with Gasteiger partial charge in [-0.25, -0.2) is 27.8 Å². The number of benzene rings is 3. The number of nitrogens with zero attached hydrogens (tertiary/aromatic N) is 3. The van der Waals surface area contributed by atoms with Crippen LogP contribution in [0.5, 0.6) is 5.75 Å². The van der Waals surface area contributed by atoms with Gasteiger partial charge in [0.05, 0.1) is 10.8 Å². The monoisotopic (exact) mass is 597 g/mol. The van der Waals surface area contributed by atoms with E-state index in [0.29, 0.717) is 46.4 Å². The summed E-state index contributed by atoms with van der Waals surface area (Å²) in [5, 5.41) is 7.61. The zero-order valence-corrected chi connectivity index (χ0v) is 23.8. The number of halogens is 2. The summed E-state index contributed by atoms with van der Waals surface area (Å²) >= 11 is 7.91. The fourth-order valence-electron chi connectivity index (χ4n) is 3.84. The summed E-state index contributed by atoms with van der Waals surface area (Å²) in [6.07, 6.45) is 2.71. The summed E-state index contributed by atoms with van der Waals surface area (Å²) < 4.78 is 41.7. The van der Waals surface area contributed by atoms with Crippen molar-refractivity contribution in [3.8, 4) is 16.3 Å². The Labute approximate surface area is 240 Å². The summed E-state index contributed by atoms with van der Waals surface area (Å²) in [7, 11) is -2.98. The van der Waals surface area contributed by atoms with E-state index in [1.807, 2.05) is 30.3 Å². The lowest BCUT2D eigenvalue weighted by Gasteiger charge is -2.11. The highest BCUT2D eigenvalue weighted by Crippen LogP contribution is 2.34. The van der Waals surface area contributed by atoms with Gasteiger partial charge >= 0.3 is 0 Å². The van der Waals surface area contributed by atoms with Crippen LogP contribution in [0, 0.1) is 5.82 Å². The van der Waals surface area contributed by atoms with Gasteiger partial charge in [0.1, 0.15) is 49.7 Å². The fourth-order valence-corrected chi connectivity index (χ4v) is 5.51. The molecule has 3 aromatic carbocycles. The van der Waals surface area contributed by atoms with Gasteiger partial charge in [0.2, 0.25) is 0 Å². The first-order valence-corrected chi connectivity index (χ1v) is 15.5. The third kappa shape index (κ3) is 7.30. The summed E-state index contributed by atoms with van der Waals surface area (Å²) in [6, 6.07) is 19.4. The molecule has 2 N–H and O–H groups in total. The van der Waals surface area contributed by atoms with Crippen LogP contribution in [0.4, 0.5) is 15.9 Å². The van der Waals surface area contributed by atoms with Gasteiger partial charge in [0.15, 0.2) is 5.82 Å². The molecule has 2 aromatic heterocycles. The second-order valence-electron chi connectivity index (χ2n) is 9.09. The Morgan fingerprint density at radius 1 is 1.02 bits per heavy atom. The van der Waals surface area contributed by atoms with Crippen molar-refractivity contribution in [1.29, 1.82) is 0 Å². The van der Waals surface area contributed by atoms with E-state index < -0.39 is 9.84 Å². The van der Waals surface area contributed by atoms with Gasteiger partial charge in [0, 0.05) is 30.6 Å². The minimum Gasteiger partial charge on any atom is -0.487 e. The van der Waals surface area contributed by atoms with Crippen molar-refractivity contribution in [3.63, 3.8) is 0 Å². The van der Waals surface area contributed by atoms with E-state index in [1.165, 1.54) is 36.1 Å². The maximum Gasteiger partial charge on any atom is 0.161 e. The molecule has 12 heteroatoms. The molecule has 5 rings (SSSR count). The molecule has 0 saturated heterocycles. The standard InChI is InChI=1S/C28H25ClFN5O3S2/c1-40(36,37)12-11-31-15-18-5-7-20(8-6-18)27-35-25-26(32-17-33-28(25)39-27)34-22-9-10-24(23(29)14-22)38-16-19-3-2-4-21(30)13-19/h2-10,13-14,17,31H,11-12,15-16H2,1H3,(H,32,33,34). The minimum atomic E-state index is -2.98. The highest BCUT2D eigenvalue weighted by atomic mass is 35.5. The molecule has 0 unspecified atom stereocenters. The molecule has 0 radical (unpaired) electrons. The molecule has 0 amide bonds. The molecule has 0 atom stereocenters. The first-order chi connectivity index (χ1) is 19.2. The Bertz CT molecular complexity index is 1750. The van der Waals surface area contributed by atoms with Gasteiger partial charge in [-0.15, -0.1) is 0 Å². The van der Waals surface area contributed by atoms with Gasteiger partial charge in [0.25, 0.3) is 0 Å². The quantitative estimate of drug-likeness (QED) is 0.179. The molecule has 0 spiro atoms. The zero-order valence-electron chi connectivity index (χ0n) is 21.4. The van der Waals surface area contributed by atoms with Gasteiger partial charge in [-0.05, 0) is 41.5 Å². The lowest BCUT2D eigenvalue weighted by molar-refractivity contribution is 0.306. The molecule has 0 fully saturated rings. The molecular weight excluding hydrogens is 573 g/mol. The molecular formula is C28H25ClFN5O3S2. The number of aromatic nitrogens is 3. The number of fused-ring (bicyclic) bond motifs is 1. The van der Waals surface area contributed by atoms with Crippen molar-refractivity contribution in [1.82, 2.24) is 20.3 Å². The first-order valence-electron chi connectivity index (χ1n) is 12.3. The third-order valence-corrected chi connectivity index (χ3v) is 8.11. The number of anilines is 2. The normalized spacial score (nSPS) is 11.6. The molecule has 40 heavy (non-hydrogen) atoms. The third-order valence-electron chi connectivity index (χ3n) is 5.85. The maximum atomic E-state index is 13.4. The van der Waals surface area contributed by atoms with E-state index in [4.69, 9.17) is 21.3 Å². The minimum absolute atomic E-state index is 0.106. The fraction of sp³-hybridized carbons (Fsp3) is 0.179. The van der Waals surface area contributed by atoms with Crippen LogP contribution in [-0.2, 0) is 23.0 Å². The summed E-state index contributed by atoms with van der Waals surface area (Å²) in [5.74, 6) is 0.814.